The smallest absolute Gasteiger partial charge is 0.242 e. The van der Waals surface area contributed by atoms with E-state index in [1.807, 2.05) is 37.3 Å². The van der Waals surface area contributed by atoms with Crippen molar-refractivity contribution in [2.45, 2.75) is 32.7 Å². The fourth-order valence-electron chi connectivity index (χ4n) is 3.30. The van der Waals surface area contributed by atoms with Gasteiger partial charge in [0.15, 0.2) is 5.82 Å². The van der Waals surface area contributed by atoms with Crippen LogP contribution in [0.1, 0.15) is 25.3 Å². The Morgan fingerprint density at radius 3 is 2.19 bits per heavy atom. The van der Waals surface area contributed by atoms with Gasteiger partial charge in [0.05, 0.1) is 0 Å². The van der Waals surface area contributed by atoms with Crippen molar-refractivity contribution < 1.29 is 14.4 Å². The first-order chi connectivity index (χ1) is 15.4. The molecule has 170 valence electrons. The monoisotopic (exact) mass is 439 g/mol. The molecule has 1 fully saturated rings. The van der Waals surface area contributed by atoms with Gasteiger partial charge >= 0.3 is 0 Å². The molecule has 1 aliphatic heterocycles. The van der Waals surface area contributed by atoms with Crippen molar-refractivity contribution in [3.8, 4) is 11.4 Å². The van der Waals surface area contributed by atoms with Gasteiger partial charge in [0.25, 0.3) is 0 Å². The number of aromatic nitrogens is 2. The highest BCUT2D eigenvalue weighted by atomic mass is 16.2. The molecule has 1 aromatic carbocycles. The van der Waals surface area contributed by atoms with Crippen molar-refractivity contribution in [2.75, 3.05) is 36.8 Å². The van der Waals surface area contributed by atoms with Crippen molar-refractivity contribution in [3.63, 3.8) is 0 Å². The molecule has 1 aliphatic rings. The average Bonchev–Trinajstić information content (AvgIpc) is 3.22. The second-order valence-corrected chi connectivity index (χ2v) is 7.52. The quantitative estimate of drug-likeness (QED) is 0.345. The predicted molar refractivity (Wildman–Crippen MR) is 122 cm³/mol. The first-order valence-corrected chi connectivity index (χ1v) is 10.7. The Bertz CT molecular complexity index is 965. The number of anilines is 2. The van der Waals surface area contributed by atoms with Crippen LogP contribution >= 0.6 is 0 Å². The summed E-state index contributed by atoms with van der Waals surface area (Å²) in [6, 6.07) is 9.20. The van der Waals surface area contributed by atoms with Gasteiger partial charge in [-0.05, 0) is 13.3 Å². The summed E-state index contributed by atoms with van der Waals surface area (Å²) in [7, 11) is 0. The van der Waals surface area contributed by atoms with Crippen molar-refractivity contribution >= 4 is 29.4 Å². The van der Waals surface area contributed by atoms with E-state index in [0.717, 1.165) is 11.1 Å². The van der Waals surface area contributed by atoms with Gasteiger partial charge in [0.2, 0.25) is 17.7 Å². The zero-order valence-corrected chi connectivity index (χ0v) is 18.3. The van der Waals surface area contributed by atoms with E-state index in [4.69, 9.17) is 0 Å². The van der Waals surface area contributed by atoms with Crippen LogP contribution < -0.4 is 26.6 Å². The molecule has 2 heterocycles. The lowest BCUT2D eigenvalue weighted by atomic mass is 10.2. The maximum atomic E-state index is 12.1. The molecule has 10 heteroatoms. The van der Waals surface area contributed by atoms with E-state index >= 15 is 0 Å². The summed E-state index contributed by atoms with van der Waals surface area (Å²) in [5.74, 6) is 1.54. The lowest BCUT2D eigenvalue weighted by Crippen LogP contribution is -2.43. The fraction of sp³-hybridized carbons (Fsp3) is 0.409. The van der Waals surface area contributed by atoms with Gasteiger partial charge in [-0.25, -0.2) is 9.97 Å². The van der Waals surface area contributed by atoms with Gasteiger partial charge in [0.1, 0.15) is 17.7 Å². The normalized spacial score (nSPS) is 15.1. The highest BCUT2D eigenvalue weighted by Gasteiger charge is 2.26. The van der Waals surface area contributed by atoms with Gasteiger partial charge in [-0.3, -0.25) is 14.4 Å². The number of benzene rings is 1. The Morgan fingerprint density at radius 1 is 1.00 bits per heavy atom. The lowest BCUT2D eigenvalue weighted by molar-refractivity contribution is -0.125. The van der Waals surface area contributed by atoms with Gasteiger partial charge in [-0.2, -0.15) is 0 Å². The molecule has 0 spiro atoms. The summed E-state index contributed by atoms with van der Waals surface area (Å²) >= 11 is 0. The van der Waals surface area contributed by atoms with E-state index in [0.29, 0.717) is 56.5 Å². The van der Waals surface area contributed by atoms with Crippen LogP contribution in [-0.2, 0) is 14.4 Å². The number of carbonyl (C=O) groups is 3. The average molecular weight is 440 g/mol. The second kappa shape index (κ2) is 11.1. The third kappa shape index (κ3) is 6.40. The summed E-state index contributed by atoms with van der Waals surface area (Å²) in [5.41, 5.74) is 1.72. The van der Waals surface area contributed by atoms with E-state index in [2.05, 4.69) is 36.6 Å². The molecule has 5 N–H and O–H groups in total. The molecule has 1 saturated heterocycles. The van der Waals surface area contributed by atoms with Crippen LogP contribution in [0.15, 0.2) is 30.3 Å². The molecule has 0 aliphatic carbocycles. The maximum absolute atomic E-state index is 12.1. The molecule has 1 unspecified atom stereocenters. The van der Waals surface area contributed by atoms with E-state index in [-0.39, 0.29) is 17.7 Å². The topological polar surface area (TPSA) is 137 Å². The van der Waals surface area contributed by atoms with Crippen LogP contribution in [-0.4, -0.2) is 59.9 Å². The minimum absolute atomic E-state index is 0.0854. The summed E-state index contributed by atoms with van der Waals surface area (Å²) in [5, 5.41) is 14.8. The Labute approximate surface area is 187 Å². The molecule has 0 bridgehead atoms. The Morgan fingerprint density at radius 2 is 1.62 bits per heavy atom. The standard InChI is InChI=1S/C22H29N7O3/c1-14-19(24-11-10-23-15(2)30)28-21(16-6-4-3-5-7-16)29-20(14)25-12-13-26-22(32)17-8-9-18(31)27-17/h3-7,17H,8-13H2,1-2H3,(H,23,30)(H,26,32)(H,27,31)(H2,24,25,28,29). The number of nitrogens with one attached hydrogen (secondary N) is 5. The number of rotatable bonds is 10. The summed E-state index contributed by atoms with van der Waals surface area (Å²) in [6.07, 6.45) is 0.910. The molecule has 3 rings (SSSR count). The second-order valence-electron chi connectivity index (χ2n) is 7.52. The molecule has 1 atom stereocenters. The molecule has 2 aromatic rings. The van der Waals surface area contributed by atoms with Crippen molar-refractivity contribution in [2.24, 2.45) is 0 Å². The highest BCUT2D eigenvalue weighted by Crippen LogP contribution is 2.24. The maximum Gasteiger partial charge on any atom is 0.242 e. The SMILES string of the molecule is CC(=O)NCCNc1nc(-c2ccccc2)nc(NCCNC(=O)C2CCC(=O)N2)c1C. The molecule has 0 radical (unpaired) electrons. The summed E-state index contributed by atoms with van der Waals surface area (Å²) < 4.78 is 0. The number of nitrogens with zero attached hydrogens (tertiary/aromatic N) is 2. The largest absolute Gasteiger partial charge is 0.368 e. The first kappa shape index (κ1) is 23.0. The Hall–Kier alpha value is -3.69. The number of amides is 3. The number of carbonyl (C=O) groups excluding carboxylic acids is 3. The molecular formula is C22H29N7O3. The number of hydrogen-bond donors (Lipinski definition) is 5. The highest BCUT2D eigenvalue weighted by molar-refractivity contribution is 5.90. The van der Waals surface area contributed by atoms with Gasteiger partial charge in [0, 0.05) is 50.7 Å². The van der Waals surface area contributed by atoms with Crippen molar-refractivity contribution in [3.05, 3.63) is 35.9 Å². The van der Waals surface area contributed by atoms with E-state index in [1.165, 1.54) is 6.92 Å². The van der Waals surface area contributed by atoms with E-state index in [1.54, 1.807) is 0 Å². The first-order valence-electron chi connectivity index (χ1n) is 10.7. The van der Waals surface area contributed by atoms with Crippen LogP contribution in [0.4, 0.5) is 11.6 Å². The van der Waals surface area contributed by atoms with Crippen LogP contribution in [0, 0.1) is 6.92 Å². The van der Waals surface area contributed by atoms with Crippen LogP contribution in [0.3, 0.4) is 0 Å². The van der Waals surface area contributed by atoms with Crippen LogP contribution in [0.2, 0.25) is 0 Å². The lowest BCUT2D eigenvalue weighted by Gasteiger charge is -2.16. The summed E-state index contributed by atoms with van der Waals surface area (Å²) in [4.78, 5) is 43.8. The zero-order chi connectivity index (χ0) is 22.9. The molecule has 32 heavy (non-hydrogen) atoms. The molecule has 10 nitrogen and oxygen atoms in total. The zero-order valence-electron chi connectivity index (χ0n) is 18.3. The Balaban J connectivity index is 1.65. The van der Waals surface area contributed by atoms with Crippen LogP contribution in [0.25, 0.3) is 11.4 Å². The van der Waals surface area contributed by atoms with Crippen molar-refractivity contribution in [1.29, 1.82) is 0 Å². The summed E-state index contributed by atoms with van der Waals surface area (Å²) in [6.45, 7) is 5.24. The minimum atomic E-state index is -0.451. The molecule has 1 aromatic heterocycles. The van der Waals surface area contributed by atoms with Gasteiger partial charge in [-0.1, -0.05) is 30.3 Å². The third-order valence-corrected chi connectivity index (χ3v) is 5.00. The third-order valence-electron chi connectivity index (χ3n) is 5.00. The fourth-order valence-corrected chi connectivity index (χ4v) is 3.30. The number of hydrogen-bond acceptors (Lipinski definition) is 7. The predicted octanol–water partition coefficient (Wildman–Crippen LogP) is 0.807. The van der Waals surface area contributed by atoms with Gasteiger partial charge in [-0.15, -0.1) is 0 Å². The minimum Gasteiger partial charge on any atom is -0.368 e. The molecule has 3 amide bonds. The van der Waals surface area contributed by atoms with E-state index < -0.39 is 6.04 Å². The van der Waals surface area contributed by atoms with Gasteiger partial charge < -0.3 is 26.6 Å². The van der Waals surface area contributed by atoms with E-state index in [9.17, 15) is 14.4 Å². The molecular weight excluding hydrogens is 410 g/mol. The molecule has 0 saturated carbocycles. The van der Waals surface area contributed by atoms with Crippen molar-refractivity contribution in [1.82, 2.24) is 25.9 Å². The Kier molecular flexibility index (Phi) is 7.96. The van der Waals surface area contributed by atoms with Crippen LogP contribution in [0.5, 0.6) is 0 Å².